The van der Waals surface area contributed by atoms with Gasteiger partial charge in [0.25, 0.3) is 10.0 Å². The molecule has 7 nitrogen and oxygen atoms in total. The molecule has 2 aromatic rings. The molecule has 1 aliphatic heterocycles. The summed E-state index contributed by atoms with van der Waals surface area (Å²) in [6, 6.07) is 7.08. The van der Waals surface area contributed by atoms with Gasteiger partial charge in [-0.3, -0.25) is 4.72 Å². The highest BCUT2D eigenvalue weighted by molar-refractivity contribution is 7.96. The number of fused-ring (bicyclic) bond motifs is 1. The maximum Gasteiger partial charge on any atom is 0.279 e. The van der Waals surface area contributed by atoms with Crippen LogP contribution in [0.2, 0.25) is 5.15 Å². The van der Waals surface area contributed by atoms with Gasteiger partial charge in [0.1, 0.15) is 0 Å². The van der Waals surface area contributed by atoms with Gasteiger partial charge >= 0.3 is 0 Å². The minimum atomic E-state index is -3.77. The van der Waals surface area contributed by atoms with Crippen LogP contribution in [0.3, 0.4) is 0 Å². The number of anilines is 1. The van der Waals surface area contributed by atoms with E-state index in [-0.39, 0.29) is 16.0 Å². The summed E-state index contributed by atoms with van der Waals surface area (Å²) in [5.74, 6) is 0.00706. The largest absolute Gasteiger partial charge is 0.361 e. The topological polar surface area (TPSA) is 87.2 Å². The van der Waals surface area contributed by atoms with E-state index in [4.69, 9.17) is 11.6 Å². The number of halogens is 1. The number of nitrogens with one attached hydrogen (secondary N) is 2. The lowest BCUT2D eigenvalue weighted by Gasteiger charge is -2.09. The number of rotatable bonds is 3. The Morgan fingerprint density at radius 1 is 1.29 bits per heavy atom. The molecule has 0 bridgehead atoms. The SMILES string of the molecule is CN1C=C(S(=O)(=O)Nc2nc3ccccc3nc2Cl)NC1. The fourth-order valence-corrected chi connectivity index (χ4v) is 3.20. The van der Waals surface area contributed by atoms with Gasteiger partial charge in [-0.2, -0.15) is 8.42 Å². The third kappa shape index (κ3) is 2.72. The van der Waals surface area contributed by atoms with Crippen molar-refractivity contribution >= 4 is 38.5 Å². The average Bonchev–Trinajstić information content (AvgIpc) is 2.87. The Bertz CT molecular complexity index is 837. The van der Waals surface area contributed by atoms with Gasteiger partial charge in [-0.1, -0.05) is 23.7 Å². The number of benzene rings is 1. The van der Waals surface area contributed by atoms with Crippen LogP contribution in [0, 0.1) is 0 Å². The third-order valence-electron chi connectivity index (χ3n) is 2.89. The second kappa shape index (κ2) is 5.05. The third-order valence-corrected chi connectivity index (χ3v) is 4.44. The van der Waals surface area contributed by atoms with Gasteiger partial charge in [0.05, 0.1) is 17.7 Å². The van der Waals surface area contributed by atoms with Gasteiger partial charge in [-0.25, -0.2) is 9.97 Å². The first kappa shape index (κ1) is 13.9. The summed E-state index contributed by atoms with van der Waals surface area (Å²) < 4.78 is 26.8. The van der Waals surface area contributed by atoms with Crippen LogP contribution in [-0.2, 0) is 10.0 Å². The van der Waals surface area contributed by atoms with Gasteiger partial charge < -0.3 is 10.2 Å². The lowest BCUT2D eigenvalue weighted by molar-refractivity contribution is 0.474. The quantitative estimate of drug-likeness (QED) is 0.885. The van der Waals surface area contributed by atoms with Crippen LogP contribution in [0.25, 0.3) is 11.0 Å². The van der Waals surface area contributed by atoms with Crippen molar-refractivity contribution < 1.29 is 8.42 Å². The van der Waals surface area contributed by atoms with Crippen molar-refractivity contribution in [1.29, 1.82) is 0 Å². The molecule has 0 radical (unpaired) electrons. The summed E-state index contributed by atoms with van der Waals surface area (Å²) in [4.78, 5) is 10.0. The van der Waals surface area contributed by atoms with Crippen LogP contribution < -0.4 is 10.0 Å². The molecule has 2 heterocycles. The second-order valence-corrected chi connectivity index (χ2v) is 6.55. The molecule has 0 atom stereocenters. The van der Waals surface area contributed by atoms with Gasteiger partial charge in [-0.05, 0) is 12.1 Å². The molecule has 3 rings (SSSR count). The van der Waals surface area contributed by atoms with Crippen molar-refractivity contribution in [1.82, 2.24) is 20.2 Å². The average molecular weight is 326 g/mol. The van der Waals surface area contributed by atoms with Crippen LogP contribution in [0.1, 0.15) is 0 Å². The van der Waals surface area contributed by atoms with E-state index >= 15 is 0 Å². The van der Waals surface area contributed by atoms with E-state index in [1.807, 2.05) is 0 Å². The van der Waals surface area contributed by atoms with E-state index in [0.717, 1.165) is 0 Å². The summed E-state index contributed by atoms with van der Waals surface area (Å²) in [7, 11) is -2.00. The molecule has 0 saturated carbocycles. The summed E-state index contributed by atoms with van der Waals surface area (Å²) in [5.41, 5.74) is 1.16. The normalized spacial score (nSPS) is 15.0. The zero-order valence-corrected chi connectivity index (χ0v) is 12.6. The van der Waals surface area contributed by atoms with Crippen molar-refractivity contribution in [2.45, 2.75) is 0 Å². The summed E-state index contributed by atoms with van der Waals surface area (Å²) in [6.45, 7) is 0.424. The van der Waals surface area contributed by atoms with Gasteiger partial charge in [0.15, 0.2) is 16.0 Å². The number of sulfonamides is 1. The molecule has 1 aromatic heterocycles. The van der Waals surface area contributed by atoms with Gasteiger partial charge in [0, 0.05) is 13.2 Å². The number of hydrogen-bond donors (Lipinski definition) is 2. The molecule has 0 amide bonds. The molecule has 21 heavy (non-hydrogen) atoms. The van der Waals surface area contributed by atoms with Crippen LogP contribution >= 0.6 is 11.6 Å². The van der Waals surface area contributed by atoms with Gasteiger partial charge in [0.2, 0.25) is 0 Å². The van der Waals surface area contributed by atoms with Crippen molar-refractivity contribution in [3.8, 4) is 0 Å². The smallest absolute Gasteiger partial charge is 0.279 e. The Hall–Kier alpha value is -2.06. The molecule has 1 aliphatic rings. The number of aromatic nitrogens is 2. The summed E-state index contributed by atoms with van der Waals surface area (Å²) >= 11 is 5.99. The predicted molar refractivity (Wildman–Crippen MR) is 80.9 cm³/mol. The van der Waals surface area contributed by atoms with Crippen LogP contribution in [-0.4, -0.2) is 37.0 Å². The molecule has 110 valence electrons. The van der Waals surface area contributed by atoms with Crippen molar-refractivity contribution in [3.63, 3.8) is 0 Å². The van der Waals surface area contributed by atoms with E-state index in [9.17, 15) is 8.42 Å². The maximum absolute atomic E-state index is 12.2. The monoisotopic (exact) mass is 325 g/mol. The van der Waals surface area contributed by atoms with E-state index in [2.05, 4.69) is 20.0 Å². The molecule has 0 spiro atoms. The van der Waals surface area contributed by atoms with Crippen LogP contribution in [0.4, 0.5) is 5.82 Å². The highest BCUT2D eigenvalue weighted by Crippen LogP contribution is 2.23. The number of para-hydroxylation sites is 2. The lowest BCUT2D eigenvalue weighted by atomic mass is 10.3. The first-order valence-electron chi connectivity index (χ1n) is 6.07. The van der Waals surface area contributed by atoms with E-state index in [0.29, 0.717) is 17.7 Å². The van der Waals surface area contributed by atoms with Gasteiger partial charge in [-0.15, -0.1) is 0 Å². The highest BCUT2D eigenvalue weighted by Gasteiger charge is 2.24. The molecule has 0 aliphatic carbocycles. The predicted octanol–water partition coefficient (Wildman–Crippen LogP) is 1.32. The zero-order chi connectivity index (χ0) is 15.0. The number of hydrogen-bond acceptors (Lipinski definition) is 6. The molecular formula is C12H12ClN5O2S. The Labute approximate surface area is 126 Å². The van der Waals surface area contributed by atoms with Crippen LogP contribution in [0.15, 0.2) is 35.5 Å². The number of nitrogens with zero attached hydrogens (tertiary/aromatic N) is 3. The summed E-state index contributed by atoms with van der Waals surface area (Å²) in [6.07, 6.45) is 1.49. The van der Waals surface area contributed by atoms with Crippen molar-refractivity contribution in [2.75, 3.05) is 18.4 Å². The molecule has 1 aromatic carbocycles. The Morgan fingerprint density at radius 3 is 2.57 bits per heavy atom. The first-order chi connectivity index (χ1) is 9.95. The second-order valence-electron chi connectivity index (χ2n) is 4.54. The standard InChI is InChI=1S/C12H12ClN5O2S/c1-18-6-10(14-7-18)21(19,20)17-12-11(13)15-8-4-2-3-5-9(8)16-12/h2-6,14H,7H2,1H3,(H,16,17). The minimum absolute atomic E-state index is 0.00391. The zero-order valence-electron chi connectivity index (χ0n) is 11.0. The Kier molecular flexibility index (Phi) is 3.34. The Balaban J connectivity index is 1.98. The molecule has 0 unspecified atom stereocenters. The molecular weight excluding hydrogens is 314 g/mol. The maximum atomic E-state index is 12.2. The van der Waals surface area contributed by atoms with E-state index in [1.54, 1.807) is 36.2 Å². The highest BCUT2D eigenvalue weighted by atomic mass is 35.5. The summed E-state index contributed by atoms with van der Waals surface area (Å²) in [5, 5.41) is 2.84. The van der Waals surface area contributed by atoms with E-state index < -0.39 is 10.0 Å². The van der Waals surface area contributed by atoms with E-state index in [1.165, 1.54) is 6.20 Å². The minimum Gasteiger partial charge on any atom is -0.361 e. The first-order valence-corrected chi connectivity index (χ1v) is 7.93. The lowest BCUT2D eigenvalue weighted by Crippen LogP contribution is -2.24. The molecule has 0 saturated heterocycles. The van der Waals surface area contributed by atoms with Crippen molar-refractivity contribution in [2.24, 2.45) is 0 Å². The molecule has 0 fully saturated rings. The Morgan fingerprint density at radius 2 is 1.95 bits per heavy atom. The van der Waals surface area contributed by atoms with Crippen LogP contribution in [0.5, 0.6) is 0 Å². The fourth-order valence-electron chi connectivity index (χ4n) is 1.88. The molecule has 9 heteroatoms. The molecule has 2 N–H and O–H groups in total. The fraction of sp³-hybridized carbons (Fsp3) is 0.167. The van der Waals surface area contributed by atoms with Crippen molar-refractivity contribution in [3.05, 3.63) is 40.6 Å².